The standard InChI is InChI=1S/C14H20N4O/c19-14(11-5-6-11)18-7-1-2-12(18)8-17-9-13(15-16-17)10-3-4-10/h9-12H,1-8H2/t12-/m0/s1. The van der Waals surface area contributed by atoms with E-state index in [1.54, 1.807) is 0 Å². The predicted molar refractivity (Wildman–Crippen MR) is 69.5 cm³/mol. The molecule has 3 aliphatic rings. The van der Waals surface area contributed by atoms with Gasteiger partial charge in [0.15, 0.2) is 0 Å². The number of carbonyl (C=O) groups excluding carboxylic acids is 1. The van der Waals surface area contributed by atoms with Crippen LogP contribution < -0.4 is 0 Å². The van der Waals surface area contributed by atoms with E-state index in [9.17, 15) is 4.79 Å². The van der Waals surface area contributed by atoms with Crippen molar-refractivity contribution in [1.29, 1.82) is 0 Å². The van der Waals surface area contributed by atoms with Crippen LogP contribution in [0.2, 0.25) is 0 Å². The van der Waals surface area contributed by atoms with Crippen LogP contribution in [0.5, 0.6) is 0 Å². The molecule has 1 aromatic rings. The Morgan fingerprint density at radius 3 is 2.84 bits per heavy atom. The molecule has 1 aromatic heterocycles. The lowest BCUT2D eigenvalue weighted by atomic mass is 10.2. The zero-order valence-corrected chi connectivity index (χ0v) is 11.2. The van der Waals surface area contributed by atoms with Gasteiger partial charge in [-0.05, 0) is 38.5 Å². The molecule has 2 saturated carbocycles. The Kier molecular flexibility index (Phi) is 2.60. The highest BCUT2D eigenvalue weighted by Crippen LogP contribution is 2.38. The largest absolute Gasteiger partial charge is 0.338 e. The summed E-state index contributed by atoms with van der Waals surface area (Å²) in [7, 11) is 0. The smallest absolute Gasteiger partial charge is 0.225 e. The maximum absolute atomic E-state index is 12.2. The molecule has 5 heteroatoms. The van der Waals surface area contributed by atoms with Crippen LogP contribution in [-0.4, -0.2) is 38.4 Å². The highest BCUT2D eigenvalue weighted by molar-refractivity contribution is 5.81. The summed E-state index contributed by atoms with van der Waals surface area (Å²) in [5, 5.41) is 8.47. The monoisotopic (exact) mass is 260 g/mol. The SMILES string of the molecule is O=C(C1CC1)N1CCC[C@H]1Cn1cc(C2CC2)nn1. The van der Waals surface area contributed by atoms with E-state index in [2.05, 4.69) is 21.4 Å². The van der Waals surface area contributed by atoms with Crippen LogP contribution in [-0.2, 0) is 11.3 Å². The van der Waals surface area contributed by atoms with Gasteiger partial charge in [-0.15, -0.1) is 5.10 Å². The predicted octanol–water partition coefficient (Wildman–Crippen LogP) is 1.56. The van der Waals surface area contributed by atoms with E-state index in [1.807, 2.05) is 4.68 Å². The molecule has 19 heavy (non-hydrogen) atoms. The van der Waals surface area contributed by atoms with Crippen molar-refractivity contribution in [2.45, 2.75) is 57.0 Å². The summed E-state index contributed by atoms with van der Waals surface area (Å²) >= 11 is 0. The van der Waals surface area contributed by atoms with Gasteiger partial charge in [-0.25, -0.2) is 0 Å². The van der Waals surface area contributed by atoms with Crippen molar-refractivity contribution in [3.05, 3.63) is 11.9 Å². The Hall–Kier alpha value is -1.39. The zero-order valence-electron chi connectivity index (χ0n) is 11.2. The van der Waals surface area contributed by atoms with Crippen molar-refractivity contribution >= 4 is 5.91 Å². The van der Waals surface area contributed by atoms with Crippen molar-refractivity contribution in [2.75, 3.05) is 6.54 Å². The first-order chi connectivity index (χ1) is 9.31. The Morgan fingerprint density at radius 1 is 1.26 bits per heavy atom. The number of aromatic nitrogens is 3. The molecule has 2 aliphatic carbocycles. The molecule has 1 atom stereocenters. The molecule has 1 aliphatic heterocycles. The zero-order chi connectivity index (χ0) is 12.8. The first kappa shape index (κ1) is 11.4. The number of likely N-dealkylation sites (tertiary alicyclic amines) is 1. The van der Waals surface area contributed by atoms with Crippen LogP contribution in [0.15, 0.2) is 6.20 Å². The number of carbonyl (C=O) groups is 1. The van der Waals surface area contributed by atoms with Gasteiger partial charge in [-0.3, -0.25) is 9.48 Å². The second kappa shape index (κ2) is 4.32. The summed E-state index contributed by atoms with van der Waals surface area (Å²) < 4.78 is 1.94. The maximum Gasteiger partial charge on any atom is 0.225 e. The average molecular weight is 260 g/mol. The first-order valence-corrected chi connectivity index (χ1v) is 7.52. The molecule has 2 heterocycles. The van der Waals surface area contributed by atoms with Crippen LogP contribution in [0.1, 0.15) is 50.1 Å². The highest BCUT2D eigenvalue weighted by atomic mass is 16.2. The third-order valence-corrected chi connectivity index (χ3v) is 4.54. The van der Waals surface area contributed by atoms with E-state index in [0.717, 1.165) is 44.5 Å². The van der Waals surface area contributed by atoms with E-state index in [-0.39, 0.29) is 0 Å². The Morgan fingerprint density at radius 2 is 2.11 bits per heavy atom. The number of hydrogen-bond donors (Lipinski definition) is 0. The van der Waals surface area contributed by atoms with E-state index in [0.29, 0.717) is 23.8 Å². The van der Waals surface area contributed by atoms with E-state index < -0.39 is 0 Å². The fraction of sp³-hybridized carbons (Fsp3) is 0.786. The van der Waals surface area contributed by atoms with Gasteiger partial charge in [0, 0.05) is 24.6 Å². The molecule has 4 rings (SSSR count). The van der Waals surface area contributed by atoms with Gasteiger partial charge in [0.2, 0.25) is 5.91 Å². The Labute approximate surface area is 113 Å². The third kappa shape index (κ3) is 2.26. The first-order valence-electron chi connectivity index (χ1n) is 7.52. The minimum Gasteiger partial charge on any atom is -0.338 e. The average Bonchev–Trinajstić information content (AvgIpc) is 3.34. The van der Waals surface area contributed by atoms with Crippen LogP contribution in [0, 0.1) is 5.92 Å². The van der Waals surface area contributed by atoms with Gasteiger partial charge >= 0.3 is 0 Å². The fourth-order valence-corrected chi connectivity index (χ4v) is 3.07. The van der Waals surface area contributed by atoms with Gasteiger partial charge in [-0.1, -0.05) is 5.21 Å². The lowest BCUT2D eigenvalue weighted by Crippen LogP contribution is -2.39. The number of rotatable bonds is 4. The summed E-state index contributed by atoms with van der Waals surface area (Å²) in [5.41, 5.74) is 1.14. The number of nitrogens with zero attached hydrogens (tertiary/aromatic N) is 4. The molecule has 0 bridgehead atoms. The lowest BCUT2D eigenvalue weighted by Gasteiger charge is -2.24. The van der Waals surface area contributed by atoms with Crippen LogP contribution in [0.3, 0.4) is 0 Å². The van der Waals surface area contributed by atoms with Crippen molar-refractivity contribution < 1.29 is 4.79 Å². The molecule has 0 spiro atoms. The summed E-state index contributed by atoms with van der Waals surface area (Å²) in [4.78, 5) is 14.3. The maximum atomic E-state index is 12.2. The highest BCUT2D eigenvalue weighted by Gasteiger charge is 2.38. The number of amides is 1. The Balaban J connectivity index is 1.43. The molecule has 0 aromatic carbocycles. The molecule has 0 unspecified atom stereocenters. The summed E-state index contributed by atoms with van der Waals surface area (Å²) in [6, 6.07) is 0.335. The molecule has 1 amide bonds. The van der Waals surface area contributed by atoms with Gasteiger partial charge in [0.05, 0.1) is 18.3 Å². The second-order valence-corrected chi connectivity index (χ2v) is 6.24. The molecule has 1 saturated heterocycles. The van der Waals surface area contributed by atoms with Gasteiger partial charge in [0.25, 0.3) is 0 Å². The molecule has 0 N–H and O–H groups in total. The van der Waals surface area contributed by atoms with Crippen molar-refractivity contribution in [2.24, 2.45) is 5.92 Å². The van der Waals surface area contributed by atoms with E-state index >= 15 is 0 Å². The second-order valence-electron chi connectivity index (χ2n) is 6.24. The summed E-state index contributed by atoms with van der Waals surface area (Å²) in [5.74, 6) is 1.37. The molecule has 102 valence electrons. The van der Waals surface area contributed by atoms with Crippen molar-refractivity contribution in [3.63, 3.8) is 0 Å². The summed E-state index contributed by atoms with van der Waals surface area (Å²) in [6.07, 6.45) is 9.03. The van der Waals surface area contributed by atoms with Crippen molar-refractivity contribution in [1.82, 2.24) is 19.9 Å². The molecular formula is C14H20N4O. The van der Waals surface area contributed by atoms with E-state index in [4.69, 9.17) is 0 Å². The number of hydrogen-bond acceptors (Lipinski definition) is 3. The van der Waals surface area contributed by atoms with Crippen LogP contribution >= 0.6 is 0 Å². The summed E-state index contributed by atoms with van der Waals surface area (Å²) in [6.45, 7) is 1.75. The van der Waals surface area contributed by atoms with Crippen LogP contribution in [0.4, 0.5) is 0 Å². The lowest BCUT2D eigenvalue weighted by molar-refractivity contribution is -0.133. The Bertz CT molecular complexity index is 489. The van der Waals surface area contributed by atoms with Crippen LogP contribution in [0.25, 0.3) is 0 Å². The minimum absolute atomic E-state index is 0.332. The van der Waals surface area contributed by atoms with Crippen molar-refractivity contribution in [3.8, 4) is 0 Å². The van der Waals surface area contributed by atoms with Gasteiger partial charge < -0.3 is 4.90 Å². The molecular weight excluding hydrogens is 240 g/mol. The van der Waals surface area contributed by atoms with Gasteiger partial charge in [0.1, 0.15) is 0 Å². The van der Waals surface area contributed by atoms with Gasteiger partial charge in [-0.2, -0.15) is 0 Å². The fourth-order valence-electron chi connectivity index (χ4n) is 3.07. The minimum atomic E-state index is 0.332. The molecule has 5 nitrogen and oxygen atoms in total. The normalized spacial score (nSPS) is 26.9. The molecule has 3 fully saturated rings. The van der Waals surface area contributed by atoms with E-state index in [1.165, 1.54) is 12.8 Å². The quantitative estimate of drug-likeness (QED) is 0.825. The topological polar surface area (TPSA) is 51.0 Å². The third-order valence-electron chi connectivity index (χ3n) is 4.54. The molecule has 0 radical (unpaired) electrons.